The molecule has 0 radical (unpaired) electrons. The van der Waals surface area contributed by atoms with Crippen molar-refractivity contribution in [3.63, 3.8) is 0 Å². The Kier molecular flexibility index (Phi) is 6.34. The number of hydrazone groups is 1. The summed E-state index contributed by atoms with van der Waals surface area (Å²) in [4.78, 5) is 12.1. The van der Waals surface area contributed by atoms with Crippen molar-refractivity contribution in [1.29, 1.82) is 0 Å². The molecule has 1 N–H and O–H groups in total. The van der Waals surface area contributed by atoms with Crippen LogP contribution in [0.1, 0.15) is 21.5 Å². The number of nitrogens with zero attached hydrogens (tertiary/aromatic N) is 1. The van der Waals surface area contributed by atoms with E-state index in [9.17, 15) is 13.6 Å². The quantitative estimate of drug-likeness (QED) is 0.469. The molecule has 0 bridgehead atoms. The van der Waals surface area contributed by atoms with Crippen LogP contribution in [0.25, 0.3) is 0 Å². The summed E-state index contributed by atoms with van der Waals surface area (Å²) < 4.78 is 32.6. The Morgan fingerprint density at radius 1 is 1.00 bits per heavy atom. The maximum atomic E-state index is 13.5. The maximum absolute atomic E-state index is 13.5. The summed E-state index contributed by atoms with van der Waals surface area (Å²) in [5.41, 5.74) is 3.13. The molecule has 0 saturated heterocycles. The molecule has 4 nitrogen and oxygen atoms in total. The Labute approximate surface area is 165 Å². The van der Waals surface area contributed by atoms with Gasteiger partial charge in [0.15, 0.2) is 0 Å². The van der Waals surface area contributed by atoms with Crippen molar-refractivity contribution in [2.75, 3.05) is 0 Å². The molecule has 0 aliphatic rings. The van der Waals surface area contributed by atoms with Gasteiger partial charge in [0.25, 0.3) is 5.91 Å². The second-order valence-electron chi connectivity index (χ2n) is 5.77. The predicted molar refractivity (Wildman–Crippen MR) is 104 cm³/mol. The second-order valence-corrected chi connectivity index (χ2v) is 6.21. The van der Waals surface area contributed by atoms with Crippen LogP contribution < -0.4 is 10.2 Å². The van der Waals surface area contributed by atoms with Crippen molar-refractivity contribution in [2.45, 2.75) is 6.61 Å². The first kappa shape index (κ1) is 19.5. The van der Waals surface area contributed by atoms with Crippen LogP contribution in [0.4, 0.5) is 8.78 Å². The molecule has 0 aromatic heterocycles. The molecule has 0 atom stereocenters. The molecule has 0 unspecified atom stereocenters. The van der Waals surface area contributed by atoms with Crippen LogP contribution in [0.2, 0.25) is 5.02 Å². The fourth-order valence-corrected chi connectivity index (χ4v) is 2.43. The molecule has 0 fully saturated rings. The number of amides is 1. The Hall–Kier alpha value is -3.25. The third-order valence-electron chi connectivity index (χ3n) is 3.79. The van der Waals surface area contributed by atoms with E-state index in [1.54, 1.807) is 48.5 Å². The maximum Gasteiger partial charge on any atom is 0.271 e. The molecule has 28 heavy (non-hydrogen) atoms. The van der Waals surface area contributed by atoms with Crippen molar-refractivity contribution in [3.8, 4) is 5.75 Å². The first-order valence-corrected chi connectivity index (χ1v) is 8.65. The second kappa shape index (κ2) is 9.10. The van der Waals surface area contributed by atoms with Gasteiger partial charge in [-0.2, -0.15) is 5.10 Å². The number of hydrogen-bond acceptors (Lipinski definition) is 3. The average Bonchev–Trinajstić information content (AvgIpc) is 2.70. The van der Waals surface area contributed by atoms with E-state index in [-0.39, 0.29) is 5.56 Å². The molecule has 142 valence electrons. The van der Waals surface area contributed by atoms with E-state index in [1.165, 1.54) is 6.07 Å². The lowest BCUT2D eigenvalue weighted by atomic mass is 10.1. The van der Waals surface area contributed by atoms with Crippen LogP contribution >= 0.6 is 11.6 Å². The molecule has 1 amide bonds. The molecular weight excluding hydrogens is 386 g/mol. The summed E-state index contributed by atoms with van der Waals surface area (Å²) >= 11 is 5.82. The third kappa shape index (κ3) is 5.14. The van der Waals surface area contributed by atoms with Gasteiger partial charge in [0, 0.05) is 10.6 Å². The van der Waals surface area contributed by atoms with E-state index in [4.69, 9.17) is 16.3 Å². The lowest BCUT2D eigenvalue weighted by molar-refractivity contribution is 0.0955. The lowest BCUT2D eigenvalue weighted by Gasteiger charge is -2.07. The fourth-order valence-electron chi connectivity index (χ4n) is 2.30. The van der Waals surface area contributed by atoms with Crippen molar-refractivity contribution in [2.24, 2.45) is 5.10 Å². The summed E-state index contributed by atoms with van der Waals surface area (Å²) in [6, 6.07) is 17.2. The first-order chi connectivity index (χ1) is 13.5. The summed E-state index contributed by atoms with van der Waals surface area (Å²) in [5.74, 6) is -1.34. The number of rotatable bonds is 6. The number of nitrogens with one attached hydrogen (secondary N) is 1. The Morgan fingerprint density at radius 3 is 2.29 bits per heavy atom. The molecule has 0 aliphatic carbocycles. The first-order valence-electron chi connectivity index (χ1n) is 8.27. The van der Waals surface area contributed by atoms with Gasteiger partial charge in [-0.15, -0.1) is 0 Å². The van der Waals surface area contributed by atoms with Gasteiger partial charge in [-0.25, -0.2) is 14.2 Å². The van der Waals surface area contributed by atoms with Crippen LogP contribution in [-0.2, 0) is 6.61 Å². The van der Waals surface area contributed by atoms with Crippen LogP contribution in [0.15, 0.2) is 71.8 Å². The highest BCUT2D eigenvalue weighted by atomic mass is 35.5. The molecule has 0 heterocycles. The van der Waals surface area contributed by atoms with Crippen molar-refractivity contribution in [3.05, 3.63) is 100 Å². The Balaban J connectivity index is 1.56. The minimum atomic E-state index is -0.761. The van der Waals surface area contributed by atoms with Crippen LogP contribution in [0.5, 0.6) is 5.75 Å². The highest BCUT2D eigenvalue weighted by Gasteiger charge is 2.07. The van der Waals surface area contributed by atoms with Gasteiger partial charge in [0.05, 0.1) is 11.8 Å². The molecule has 7 heteroatoms. The van der Waals surface area contributed by atoms with Gasteiger partial charge in [-0.05, 0) is 54.1 Å². The minimum absolute atomic E-state index is 0.322. The van der Waals surface area contributed by atoms with Gasteiger partial charge in [0.2, 0.25) is 0 Å². The molecule has 0 saturated carbocycles. The topological polar surface area (TPSA) is 50.7 Å². The van der Waals surface area contributed by atoms with E-state index in [0.29, 0.717) is 22.9 Å². The molecular formula is C21H15ClF2N2O2. The lowest BCUT2D eigenvalue weighted by Crippen LogP contribution is -2.17. The highest BCUT2D eigenvalue weighted by Crippen LogP contribution is 2.17. The number of benzene rings is 3. The Morgan fingerprint density at radius 2 is 1.64 bits per heavy atom. The fraction of sp³-hybridized carbons (Fsp3) is 0.0476. The number of halogens is 3. The summed E-state index contributed by atoms with van der Waals surface area (Å²) in [6.07, 6.45) is 0.927. The van der Waals surface area contributed by atoms with Crippen molar-refractivity contribution >= 4 is 23.7 Å². The zero-order valence-corrected chi connectivity index (χ0v) is 15.3. The summed E-state index contributed by atoms with van der Waals surface area (Å²) in [5, 5.41) is 4.23. The van der Waals surface area contributed by atoms with Gasteiger partial charge in [-0.3, -0.25) is 4.79 Å². The smallest absolute Gasteiger partial charge is 0.271 e. The van der Waals surface area contributed by atoms with E-state index in [1.807, 2.05) is 0 Å². The SMILES string of the molecule is O=C(N/N=C/c1c(F)cccc1F)c1ccc(COc2ccc(Cl)cc2)cc1. The zero-order chi connectivity index (χ0) is 19.9. The van der Waals surface area contributed by atoms with Crippen molar-refractivity contribution in [1.82, 2.24) is 5.43 Å². The number of ether oxygens (including phenoxy) is 1. The van der Waals surface area contributed by atoms with Crippen LogP contribution in [0, 0.1) is 11.6 Å². The summed E-state index contributed by atoms with van der Waals surface area (Å²) in [6.45, 7) is 0.328. The number of hydrogen-bond donors (Lipinski definition) is 1. The van der Waals surface area contributed by atoms with Crippen molar-refractivity contribution < 1.29 is 18.3 Å². The molecule has 3 aromatic carbocycles. The standard InChI is InChI=1S/C21H15ClF2N2O2/c22-16-8-10-17(11-9-16)28-13-14-4-6-15(7-5-14)21(27)26-25-12-18-19(23)2-1-3-20(18)24/h1-12H,13H2,(H,26,27)/b25-12+. The normalized spacial score (nSPS) is 10.8. The average molecular weight is 401 g/mol. The zero-order valence-electron chi connectivity index (χ0n) is 14.5. The van der Waals surface area contributed by atoms with E-state index in [0.717, 1.165) is 23.9 Å². The largest absolute Gasteiger partial charge is 0.489 e. The van der Waals surface area contributed by atoms with Gasteiger partial charge in [-0.1, -0.05) is 29.8 Å². The molecule has 0 spiro atoms. The number of carbonyl (C=O) groups is 1. The molecule has 3 rings (SSSR count). The molecule has 3 aromatic rings. The highest BCUT2D eigenvalue weighted by molar-refractivity contribution is 6.30. The van der Waals surface area contributed by atoms with E-state index >= 15 is 0 Å². The monoisotopic (exact) mass is 400 g/mol. The van der Waals surface area contributed by atoms with Gasteiger partial charge in [0.1, 0.15) is 24.0 Å². The van der Waals surface area contributed by atoms with E-state index in [2.05, 4.69) is 10.5 Å². The Bertz CT molecular complexity index is 970. The van der Waals surface area contributed by atoms with Crippen LogP contribution in [-0.4, -0.2) is 12.1 Å². The minimum Gasteiger partial charge on any atom is -0.489 e. The van der Waals surface area contributed by atoms with Gasteiger partial charge >= 0.3 is 0 Å². The van der Waals surface area contributed by atoms with Crippen LogP contribution in [0.3, 0.4) is 0 Å². The summed E-state index contributed by atoms with van der Waals surface area (Å²) in [7, 11) is 0. The third-order valence-corrected chi connectivity index (χ3v) is 4.05. The van der Waals surface area contributed by atoms with Gasteiger partial charge < -0.3 is 4.74 Å². The van der Waals surface area contributed by atoms with E-state index < -0.39 is 17.5 Å². The number of carbonyl (C=O) groups excluding carboxylic acids is 1. The predicted octanol–water partition coefficient (Wildman–Crippen LogP) is 4.96. The molecule has 0 aliphatic heterocycles.